The van der Waals surface area contributed by atoms with E-state index >= 15 is 8.78 Å². The van der Waals surface area contributed by atoms with E-state index in [4.69, 9.17) is 27.8 Å². The average molecular weight is 686 g/mol. The van der Waals surface area contributed by atoms with Crippen LogP contribution >= 0.6 is 11.6 Å². The Hall–Kier alpha value is -5.60. The molecular weight excluding hydrogens is 659 g/mol. The van der Waals surface area contributed by atoms with E-state index in [9.17, 15) is 9.18 Å². The van der Waals surface area contributed by atoms with Gasteiger partial charge in [0.15, 0.2) is 23.0 Å². The second-order valence-corrected chi connectivity index (χ2v) is 12.1. The number of carbonyl (C=O) groups is 1. The van der Waals surface area contributed by atoms with Crippen molar-refractivity contribution in [2.45, 2.75) is 24.9 Å². The van der Waals surface area contributed by atoms with Crippen LogP contribution in [0.5, 0.6) is 5.75 Å². The number of carbonyl (C=O) groups excluding carboxylic acids is 1. The van der Waals surface area contributed by atoms with Crippen molar-refractivity contribution in [3.8, 4) is 17.0 Å². The molecule has 1 fully saturated rings. The van der Waals surface area contributed by atoms with Gasteiger partial charge in [-0.15, -0.1) is 0 Å². The van der Waals surface area contributed by atoms with Gasteiger partial charge in [0, 0.05) is 24.7 Å². The summed E-state index contributed by atoms with van der Waals surface area (Å²) in [6.07, 6.45) is 5.90. The van der Waals surface area contributed by atoms with Crippen LogP contribution in [0.1, 0.15) is 34.5 Å². The lowest BCUT2D eigenvalue weighted by Gasteiger charge is -2.41. The number of nitrogen functional groups attached to an aromatic ring is 1. The molecule has 1 saturated heterocycles. The van der Waals surface area contributed by atoms with Crippen molar-refractivity contribution in [1.82, 2.24) is 29.5 Å². The topological polar surface area (TPSA) is 151 Å². The molecule has 11 nitrogen and oxygen atoms in total. The predicted octanol–water partition coefficient (Wildman–Crippen LogP) is 5.66. The fourth-order valence-corrected chi connectivity index (χ4v) is 6.14. The van der Waals surface area contributed by atoms with Gasteiger partial charge in [-0.25, -0.2) is 37.9 Å². The molecule has 2 aromatic carbocycles. The SMILES string of the molecule is Nc1ncnc2c1ncn2Cc1cc(-c2cc(F)c(OC(=O)c3ccc(F)cc3)cc2F)ncc1N1CCC[C@](N)(c2cccc(Cl)n2)C1. The van der Waals surface area contributed by atoms with Crippen molar-refractivity contribution in [1.29, 1.82) is 0 Å². The number of aromatic nitrogens is 6. The van der Waals surface area contributed by atoms with Crippen molar-refractivity contribution in [3.05, 3.63) is 119 Å². The first-order chi connectivity index (χ1) is 23.6. The Morgan fingerprint density at radius 1 is 1.00 bits per heavy atom. The van der Waals surface area contributed by atoms with Gasteiger partial charge in [0.1, 0.15) is 28.6 Å². The molecule has 1 atom stereocenters. The van der Waals surface area contributed by atoms with E-state index in [0.29, 0.717) is 52.8 Å². The summed E-state index contributed by atoms with van der Waals surface area (Å²) in [4.78, 5) is 36.3. The van der Waals surface area contributed by atoms with Crippen molar-refractivity contribution >= 4 is 40.2 Å². The van der Waals surface area contributed by atoms with Crippen LogP contribution in [0.4, 0.5) is 24.7 Å². The summed E-state index contributed by atoms with van der Waals surface area (Å²) >= 11 is 6.20. The van der Waals surface area contributed by atoms with Crippen LogP contribution in [0.15, 0.2) is 79.5 Å². The van der Waals surface area contributed by atoms with Crippen LogP contribution in [-0.2, 0) is 12.1 Å². The molecule has 0 aliphatic carbocycles. The van der Waals surface area contributed by atoms with Crippen molar-refractivity contribution in [2.24, 2.45) is 5.73 Å². The molecule has 6 aromatic rings. The normalized spacial score (nSPS) is 16.2. The number of hydrogen-bond donors (Lipinski definition) is 2. The van der Waals surface area contributed by atoms with E-state index < -0.39 is 34.7 Å². The van der Waals surface area contributed by atoms with E-state index in [1.54, 1.807) is 35.3 Å². The monoisotopic (exact) mass is 685 g/mol. The molecule has 0 unspecified atom stereocenters. The van der Waals surface area contributed by atoms with E-state index in [2.05, 4.69) is 29.8 Å². The summed E-state index contributed by atoms with van der Waals surface area (Å²) in [6, 6.07) is 13.1. The number of halogens is 4. The maximum absolute atomic E-state index is 15.6. The van der Waals surface area contributed by atoms with Crippen LogP contribution in [-0.4, -0.2) is 48.5 Å². The Kier molecular flexibility index (Phi) is 8.34. The van der Waals surface area contributed by atoms with Gasteiger partial charge in [-0.2, -0.15) is 0 Å². The highest BCUT2D eigenvalue weighted by molar-refractivity contribution is 6.29. The number of esters is 1. The number of ether oxygens (including phenoxy) is 1. The lowest BCUT2D eigenvalue weighted by atomic mass is 9.86. The minimum atomic E-state index is -0.995. The number of anilines is 2. The average Bonchev–Trinajstić information content (AvgIpc) is 3.50. The van der Waals surface area contributed by atoms with E-state index in [0.717, 1.165) is 30.7 Å². The smallest absolute Gasteiger partial charge is 0.343 e. The number of hydrogen-bond acceptors (Lipinski definition) is 10. The molecular formula is C34H27ClF3N9O2. The highest BCUT2D eigenvalue weighted by atomic mass is 35.5. The molecule has 4 N–H and O–H groups in total. The molecule has 0 amide bonds. The van der Waals surface area contributed by atoms with Crippen molar-refractivity contribution in [3.63, 3.8) is 0 Å². The molecule has 49 heavy (non-hydrogen) atoms. The molecule has 0 radical (unpaired) electrons. The molecule has 1 aliphatic heterocycles. The Morgan fingerprint density at radius 3 is 2.61 bits per heavy atom. The summed E-state index contributed by atoms with van der Waals surface area (Å²) < 4.78 is 51.1. The van der Waals surface area contributed by atoms with Gasteiger partial charge in [-0.3, -0.25) is 4.98 Å². The number of pyridine rings is 2. The largest absolute Gasteiger partial charge is 0.420 e. The molecule has 5 heterocycles. The number of nitrogens with zero attached hydrogens (tertiary/aromatic N) is 7. The summed E-state index contributed by atoms with van der Waals surface area (Å²) in [6.45, 7) is 1.23. The summed E-state index contributed by atoms with van der Waals surface area (Å²) in [5.74, 6) is -3.82. The van der Waals surface area contributed by atoms with Crippen LogP contribution < -0.4 is 21.1 Å². The number of piperidine rings is 1. The van der Waals surface area contributed by atoms with Crippen molar-refractivity contribution < 1.29 is 22.7 Å². The second kappa shape index (κ2) is 12.8. The molecule has 7 rings (SSSR count). The minimum Gasteiger partial charge on any atom is -0.420 e. The Balaban J connectivity index is 1.26. The van der Waals surface area contributed by atoms with Crippen LogP contribution in [0.2, 0.25) is 5.15 Å². The molecule has 15 heteroatoms. The maximum atomic E-state index is 15.6. The van der Waals surface area contributed by atoms with Gasteiger partial charge in [0.2, 0.25) is 0 Å². The highest BCUT2D eigenvalue weighted by Gasteiger charge is 2.36. The molecule has 0 spiro atoms. The van der Waals surface area contributed by atoms with Gasteiger partial charge in [0.05, 0.1) is 47.2 Å². The van der Waals surface area contributed by atoms with Gasteiger partial charge in [-0.1, -0.05) is 17.7 Å². The highest BCUT2D eigenvalue weighted by Crippen LogP contribution is 2.36. The van der Waals surface area contributed by atoms with E-state index in [1.807, 2.05) is 6.07 Å². The number of fused-ring (bicyclic) bond motifs is 1. The zero-order valence-electron chi connectivity index (χ0n) is 25.7. The fourth-order valence-electron chi connectivity index (χ4n) is 5.98. The van der Waals surface area contributed by atoms with Crippen LogP contribution in [0, 0.1) is 17.5 Å². The third-order valence-electron chi connectivity index (χ3n) is 8.41. The van der Waals surface area contributed by atoms with Crippen LogP contribution in [0.3, 0.4) is 0 Å². The third-order valence-corrected chi connectivity index (χ3v) is 8.62. The first kappa shape index (κ1) is 32.0. The predicted molar refractivity (Wildman–Crippen MR) is 176 cm³/mol. The number of nitrogens with two attached hydrogens (primary N) is 2. The lowest BCUT2D eigenvalue weighted by molar-refractivity contribution is 0.0727. The summed E-state index contributed by atoms with van der Waals surface area (Å²) in [5, 5.41) is 0.338. The van der Waals surface area contributed by atoms with Gasteiger partial charge in [0.25, 0.3) is 0 Å². The third kappa shape index (κ3) is 6.35. The molecule has 1 aliphatic rings. The first-order valence-corrected chi connectivity index (χ1v) is 15.5. The maximum Gasteiger partial charge on any atom is 0.343 e. The Bertz CT molecular complexity index is 2220. The summed E-state index contributed by atoms with van der Waals surface area (Å²) in [5.41, 5.74) is 15.0. The molecule has 0 saturated carbocycles. The Labute approximate surface area is 282 Å². The van der Waals surface area contributed by atoms with Gasteiger partial charge < -0.3 is 25.7 Å². The Morgan fingerprint density at radius 2 is 1.82 bits per heavy atom. The fraction of sp³-hybridized carbons (Fsp3) is 0.176. The van der Waals surface area contributed by atoms with E-state index in [-0.39, 0.29) is 29.2 Å². The van der Waals surface area contributed by atoms with Crippen LogP contribution in [0.25, 0.3) is 22.4 Å². The van der Waals surface area contributed by atoms with E-state index in [1.165, 1.54) is 18.5 Å². The summed E-state index contributed by atoms with van der Waals surface area (Å²) in [7, 11) is 0. The standard InChI is InChI=1S/C34H27ClF3N9O2/c35-29-4-1-3-28(45-29)34(40)9-2-10-46(16-34)26-14-41-25(11-20(26)15-47-18-44-30-31(39)42-17-43-32(30)47)22-12-24(38)27(13-23(22)37)49-33(48)19-5-7-21(36)8-6-19/h1,3-8,11-14,17-18H,2,9-10,15-16,40H2,(H2,39,42,43)/t34-/m1/s1. The molecule has 248 valence electrons. The minimum absolute atomic E-state index is 0.0309. The zero-order valence-corrected chi connectivity index (χ0v) is 26.4. The number of imidazole rings is 1. The molecule has 4 aromatic heterocycles. The quantitative estimate of drug-likeness (QED) is 0.122. The lowest BCUT2D eigenvalue weighted by Crippen LogP contribution is -2.52. The van der Waals surface area contributed by atoms with Gasteiger partial charge in [-0.05, 0) is 66.9 Å². The number of benzene rings is 2. The second-order valence-electron chi connectivity index (χ2n) is 11.7. The number of rotatable bonds is 7. The zero-order chi connectivity index (χ0) is 34.3. The van der Waals surface area contributed by atoms with Crippen molar-refractivity contribution in [2.75, 3.05) is 23.7 Å². The van der Waals surface area contributed by atoms with Gasteiger partial charge >= 0.3 is 5.97 Å². The molecule has 0 bridgehead atoms. The first-order valence-electron chi connectivity index (χ1n) is 15.1.